The van der Waals surface area contributed by atoms with Crippen molar-refractivity contribution in [2.45, 2.75) is 18.9 Å². The molecule has 1 unspecified atom stereocenters. The number of rotatable bonds is 4. The van der Waals surface area contributed by atoms with Crippen LogP contribution in [0.3, 0.4) is 0 Å². The fraction of sp³-hybridized carbons (Fsp3) is 0.217. The van der Waals surface area contributed by atoms with Gasteiger partial charge in [-0.3, -0.25) is 9.78 Å². The van der Waals surface area contributed by atoms with Gasteiger partial charge >= 0.3 is 0 Å². The molecule has 0 aliphatic carbocycles. The molecule has 1 aliphatic heterocycles. The van der Waals surface area contributed by atoms with Crippen LogP contribution < -0.4 is 4.74 Å². The van der Waals surface area contributed by atoms with Crippen molar-refractivity contribution in [3.05, 3.63) is 95.3 Å². The molecule has 0 radical (unpaired) electrons. The van der Waals surface area contributed by atoms with Gasteiger partial charge in [-0.2, -0.15) is 0 Å². The van der Waals surface area contributed by atoms with E-state index >= 15 is 0 Å². The number of hydrogen-bond acceptors (Lipinski definition) is 3. The fourth-order valence-electron chi connectivity index (χ4n) is 3.76. The zero-order valence-electron chi connectivity index (χ0n) is 15.3. The van der Waals surface area contributed by atoms with E-state index in [-0.39, 0.29) is 11.9 Å². The second-order valence-corrected chi connectivity index (χ2v) is 6.74. The van der Waals surface area contributed by atoms with Crippen molar-refractivity contribution in [3.63, 3.8) is 0 Å². The minimum absolute atomic E-state index is 0.0660. The standard InChI is InChI=1S/C23H22N2O2/c1-27-20-8-6-17(7-9-20)16-22(26)25-15-12-18-4-2-3-5-21(18)23(25)19-10-13-24-14-11-19/h2-11,13-14,23H,12,15-16H2,1H3. The highest BCUT2D eigenvalue weighted by molar-refractivity contribution is 5.80. The Morgan fingerprint density at radius 1 is 1.07 bits per heavy atom. The molecule has 0 spiro atoms. The van der Waals surface area contributed by atoms with Gasteiger partial charge in [0, 0.05) is 18.9 Å². The van der Waals surface area contributed by atoms with Gasteiger partial charge in [-0.15, -0.1) is 0 Å². The third kappa shape index (κ3) is 3.56. The number of carbonyl (C=O) groups is 1. The van der Waals surface area contributed by atoms with E-state index in [9.17, 15) is 4.79 Å². The quantitative estimate of drug-likeness (QED) is 0.712. The van der Waals surface area contributed by atoms with Gasteiger partial charge in [-0.05, 0) is 52.9 Å². The SMILES string of the molecule is COc1ccc(CC(=O)N2CCc3ccccc3C2c2ccncc2)cc1. The number of ether oxygens (including phenoxy) is 1. The maximum atomic E-state index is 13.2. The van der Waals surface area contributed by atoms with Crippen LogP contribution in [0.4, 0.5) is 0 Å². The van der Waals surface area contributed by atoms with Gasteiger partial charge in [-0.25, -0.2) is 0 Å². The predicted molar refractivity (Wildman–Crippen MR) is 105 cm³/mol. The first-order chi connectivity index (χ1) is 13.3. The minimum Gasteiger partial charge on any atom is -0.497 e. The van der Waals surface area contributed by atoms with Crippen molar-refractivity contribution in [2.75, 3.05) is 13.7 Å². The number of methoxy groups -OCH3 is 1. The Bertz CT molecular complexity index is 923. The summed E-state index contributed by atoms with van der Waals surface area (Å²) >= 11 is 0. The van der Waals surface area contributed by atoms with Crippen LogP contribution in [-0.4, -0.2) is 29.4 Å². The number of nitrogens with zero attached hydrogens (tertiary/aromatic N) is 2. The summed E-state index contributed by atoms with van der Waals surface area (Å²) in [6, 6.07) is 20.0. The fourth-order valence-corrected chi connectivity index (χ4v) is 3.76. The van der Waals surface area contributed by atoms with E-state index in [1.54, 1.807) is 19.5 Å². The predicted octanol–water partition coefficient (Wildman–Crippen LogP) is 3.81. The largest absolute Gasteiger partial charge is 0.497 e. The summed E-state index contributed by atoms with van der Waals surface area (Å²) in [7, 11) is 1.64. The molecule has 27 heavy (non-hydrogen) atoms. The first-order valence-electron chi connectivity index (χ1n) is 9.16. The van der Waals surface area contributed by atoms with E-state index in [1.807, 2.05) is 47.4 Å². The van der Waals surface area contributed by atoms with Gasteiger partial charge in [0.1, 0.15) is 5.75 Å². The van der Waals surface area contributed by atoms with Crippen LogP contribution in [0.25, 0.3) is 0 Å². The van der Waals surface area contributed by atoms with Gasteiger partial charge in [0.05, 0.1) is 19.6 Å². The molecule has 1 aromatic heterocycles. The van der Waals surface area contributed by atoms with Crippen molar-refractivity contribution in [1.82, 2.24) is 9.88 Å². The number of carbonyl (C=O) groups excluding carboxylic acids is 1. The van der Waals surface area contributed by atoms with E-state index in [2.05, 4.69) is 23.2 Å². The Morgan fingerprint density at radius 3 is 2.56 bits per heavy atom. The Hall–Kier alpha value is -3.14. The van der Waals surface area contributed by atoms with E-state index in [0.717, 1.165) is 29.8 Å². The molecule has 1 amide bonds. The highest BCUT2D eigenvalue weighted by atomic mass is 16.5. The maximum absolute atomic E-state index is 13.2. The van der Waals surface area contributed by atoms with E-state index in [4.69, 9.17) is 4.74 Å². The molecule has 3 aromatic rings. The first kappa shape index (κ1) is 17.3. The van der Waals surface area contributed by atoms with Crippen molar-refractivity contribution in [1.29, 1.82) is 0 Å². The monoisotopic (exact) mass is 358 g/mol. The average Bonchev–Trinajstić information content (AvgIpc) is 2.74. The lowest BCUT2D eigenvalue weighted by molar-refractivity contribution is -0.132. The Labute approximate surface area is 159 Å². The van der Waals surface area contributed by atoms with Crippen molar-refractivity contribution in [3.8, 4) is 5.75 Å². The van der Waals surface area contributed by atoms with Crippen LogP contribution in [0.15, 0.2) is 73.1 Å². The molecule has 1 atom stereocenters. The molecule has 4 rings (SSSR count). The molecule has 0 saturated heterocycles. The molecule has 1 aliphatic rings. The summed E-state index contributed by atoms with van der Waals surface area (Å²) in [6.45, 7) is 0.721. The van der Waals surface area contributed by atoms with Crippen LogP contribution in [-0.2, 0) is 17.6 Å². The third-order valence-corrected chi connectivity index (χ3v) is 5.14. The van der Waals surface area contributed by atoms with Crippen LogP contribution in [0, 0.1) is 0 Å². The molecule has 0 bridgehead atoms. The number of benzene rings is 2. The van der Waals surface area contributed by atoms with Gasteiger partial charge < -0.3 is 9.64 Å². The number of hydrogen-bond donors (Lipinski definition) is 0. The summed E-state index contributed by atoms with van der Waals surface area (Å²) in [5.41, 5.74) is 4.61. The lowest BCUT2D eigenvalue weighted by atomic mass is 9.88. The molecule has 136 valence electrons. The summed E-state index contributed by atoms with van der Waals surface area (Å²) in [5, 5.41) is 0. The second-order valence-electron chi connectivity index (χ2n) is 6.74. The number of amides is 1. The Balaban J connectivity index is 1.64. The molecule has 0 N–H and O–H groups in total. The summed E-state index contributed by atoms with van der Waals surface area (Å²) in [6.07, 6.45) is 4.84. The molecule has 0 saturated carbocycles. The molecule has 4 nitrogen and oxygen atoms in total. The van der Waals surface area contributed by atoms with E-state index in [1.165, 1.54) is 11.1 Å². The van der Waals surface area contributed by atoms with Crippen LogP contribution in [0.1, 0.15) is 28.3 Å². The molecule has 2 heterocycles. The third-order valence-electron chi connectivity index (χ3n) is 5.14. The van der Waals surface area contributed by atoms with E-state index in [0.29, 0.717) is 6.42 Å². The van der Waals surface area contributed by atoms with Crippen LogP contribution >= 0.6 is 0 Å². The Kier molecular flexibility index (Phi) is 4.88. The highest BCUT2D eigenvalue weighted by Gasteiger charge is 2.31. The summed E-state index contributed by atoms with van der Waals surface area (Å²) in [5.74, 6) is 0.934. The van der Waals surface area contributed by atoms with Gasteiger partial charge in [0.25, 0.3) is 0 Å². The zero-order chi connectivity index (χ0) is 18.6. The van der Waals surface area contributed by atoms with Gasteiger partial charge in [0.2, 0.25) is 5.91 Å². The van der Waals surface area contributed by atoms with Crippen LogP contribution in [0.2, 0.25) is 0 Å². The maximum Gasteiger partial charge on any atom is 0.227 e. The minimum atomic E-state index is -0.0660. The van der Waals surface area contributed by atoms with Gasteiger partial charge in [0.15, 0.2) is 0 Å². The smallest absolute Gasteiger partial charge is 0.227 e. The Morgan fingerprint density at radius 2 is 1.81 bits per heavy atom. The highest BCUT2D eigenvalue weighted by Crippen LogP contribution is 2.35. The molecular weight excluding hydrogens is 336 g/mol. The molecular formula is C23H22N2O2. The summed E-state index contributed by atoms with van der Waals surface area (Å²) in [4.78, 5) is 19.3. The van der Waals surface area contributed by atoms with Crippen molar-refractivity contribution >= 4 is 5.91 Å². The average molecular weight is 358 g/mol. The number of aromatic nitrogens is 1. The normalized spacial score (nSPS) is 15.9. The zero-order valence-corrected chi connectivity index (χ0v) is 15.3. The second kappa shape index (κ2) is 7.62. The lowest BCUT2D eigenvalue weighted by Crippen LogP contribution is -2.41. The molecule has 4 heteroatoms. The van der Waals surface area contributed by atoms with E-state index < -0.39 is 0 Å². The molecule has 0 fully saturated rings. The number of pyridine rings is 1. The van der Waals surface area contributed by atoms with Crippen LogP contribution in [0.5, 0.6) is 5.75 Å². The lowest BCUT2D eigenvalue weighted by Gasteiger charge is -2.38. The topological polar surface area (TPSA) is 42.4 Å². The van der Waals surface area contributed by atoms with Gasteiger partial charge in [-0.1, -0.05) is 36.4 Å². The molecule has 2 aromatic carbocycles. The summed E-state index contributed by atoms with van der Waals surface area (Å²) < 4.78 is 5.20. The van der Waals surface area contributed by atoms with Crippen molar-refractivity contribution in [2.24, 2.45) is 0 Å². The number of fused-ring (bicyclic) bond motifs is 1. The first-order valence-corrected chi connectivity index (χ1v) is 9.16. The van der Waals surface area contributed by atoms with Crippen molar-refractivity contribution < 1.29 is 9.53 Å².